The summed E-state index contributed by atoms with van der Waals surface area (Å²) in [5.41, 5.74) is 2.16. The van der Waals surface area contributed by atoms with Crippen LogP contribution in [0.3, 0.4) is 0 Å². The first-order valence-corrected chi connectivity index (χ1v) is 8.89. The van der Waals surface area contributed by atoms with Crippen molar-refractivity contribution >= 4 is 23.1 Å². The summed E-state index contributed by atoms with van der Waals surface area (Å²) in [6.45, 7) is 5.97. The molecule has 0 bridgehead atoms. The van der Waals surface area contributed by atoms with Crippen LogP contribution in [0.4, 0.5) is 5.69 Å². The first kappa shape index (κ1) is 20.1. The molecule has 0 unspecified atom stereocenters. The number of anilines is 1. The summed E-state index contributed by atoms with van der Waals surface area (Å²) in [4.78, 5) is 20.4. The summed E-state index contributed by atoms with van der Waals surface area (Å²) in [5, 5.41) is 1.09. The van der Waals surface area contributed by atoms with Crippen molar-refractivity contribution in [1.29, 1.82) is 0 Å². The highest BCUT2D eigenvalue weighted by Gasteiger charge is 2.21. The van der Waals surface area contributed by atoms with Gasteiger partial charge in [-0.2, -0.15) is 0 Å². The van der Waals surface area contributed by atoms with Crippen molar-refractivity contribution in [3.8, 4) is 0 Å². The fourth-order valence-electron chi connectivity index (χ4n) is 2.85. The Balaban J connectivity index is 0.000000431. The van der Waals surface area contributed by atoms with E-state index in [4.69, 9.17) is 9.47 Å². The number of methoxy groups -OCH3 is 1. The molecule has 7 heteroatoms. The molecule has 0 spiro atoms. The molecule has 3 heterocycles. The molecule has 0 amide bonds. The number of hydrogen-bond acceptors (Lipinski definition) is 7. The molecular weight excluding hydrogens is 334 g/mol. The molecule has 0 atom stereocenters. The van der Waals surface area contributed by atoms with Gasteiger partial charge in [0.25, 0.3) is 6.47 Å². The molecule has 0 saturated carbocycles. The lowest BCUT2D eigenvalue weighted by molar-refractivity contribution is -0.128. The number of carbonyl (C=O) groups is 1. The van der Waals surface area contributed by atoms with Gasteiger partial charge in [-0.25, -0.2) is 0 Å². The number of aromatic nitrogens is 2. The van der Waals surface area contributed by atoms with E-state index >= 15 is 0 Å². The fraction of sp³-hybridized carbons (Fsp3) is 0.526. The van der Waals surface area contributed by atoms with E-state index in [1.165, 1.54) is 0 Å². The molecule has 142 valence electrons. The number of nitrogens with zero attached hydrogens (tertiary/aromatic N) is 3. The van der Waals surface area contributed by atoms with Crippen molar-refractivity contribution in [3.05, 3.63) is 30.7 Å². The maximum Gasteiger partial charge on any atom is 0.293 e. The van der Waals surface area contributed by atoms with E-state index in [2.05, 4.69) is 25.7 Å². The van der Waals surface area contributed by atoms with Gasteiger partial charge in [-0.3, -0.25) is 14.8 Å². The van der Waals surface area contributed by atoms with E-state index < -0.39 is 0 Å². The second-order valence-electron chi connectivity index (χ2n) is 5.84. The zero-order chi connectivity index (χ0) is 18.6. The fourth-order valence-corrected chi connectivity index (χ4v) is 2.85. The number of fused-ring (bicyclic) bond motifs is 1. The van der Waals surface area contributed by atoms with Gasteiger partial charge in [-0.1, -0.05) is 0 Å². The molecule has 2 aromatic rings. The van der Waals surface area contributed by atoms with Gasteiger partial charge in [0.1, 0.15) is 0 Å². The summed E-state index contributed by atoms with van der Waals surface area (Å²) in [5.74, 6) is 0. The van der Waals surface area contributed by atoms with Gasteiger partial charge in [0.15, 0.2) is 0 Å². The lowest BCUT2D eigenvalue weighted by atomic mass is 10.1. The van der Waals surface area contributed by atoms with Gasteiger partial charge in [0, 0.05) is 38.0 Å². The summed E-state index contributed by atoms with van der Waals surface area (Å²) < 4.78 is 15.0. The smallest absolute Gasteiger partial charge is 0.293 e. The summed E-state index contributed by atoms with van der Waals surface area (Å²) >= 11 is 0. The molecule has 0 radical (unpaired) electrons. The second-order valence-corrected chi connectivity index (χ2v) is 5.84. The van der Waals surface area contributed by atoms with Crippen LogP contribution < -0.4 is 4.90 Å². The SMILES string of the molecule is CCOC=O.COCCOC1CCN(c2cncc3cccnc23)CC1. The van der Waals surface area contributed by atoms with Crippen molar-refractivity contribution in [2.45, 2.75) is 25.9 Å². The molecule has 2 aromatic heterocycles. The van der Waals surface area contributed by atoms with Crippen LogP contribution in [0, 0.1) is 0 Å². The maximum atomic E-state index is 9.18. The van der Waals surface area contributed by atoms with Gasteiger partial charge in [-0.05, 0) is 31.9 Å². The summed E-state index contributed by atoms with van der Waals surface area (Å²) in [6.07, 6.45) is 8.03. The molecule has 1 fully saturated rings. The van der Waals surface area contributed by atoms with Crippen LogP contribution in [0.25, 0.3) is 10.9 Å². The lowest BCUT2D eigenvalue weighted by Crippen LogP contribution is -2.37. The molecule has 0 aliphatic carbocycles. The maximum absolute atomic E-state index is 9.18. The Morgan fingerprint density at radius 3 is 2.73 bits per heavy atom. The highest BCUT2D eigenvalue weighted by molar-refractivity contribution is 5.89. The molecular formula is C19H27N3O4. The highest BCUT2D eigenvalue weighted by atomic mass is 16.5. The standard InChI is InChI=1S/C16H21N3O2.C3H6O2/c1-20-9-10-21-14-4-7-19(8-5-14)15-12-17-11-13-3-2-6-18-16(13)15;1-2-5-3-4/h2-3,6,11-12,14H,4-5,7-10H2,1H3;3H,2H2,1H3. The van der Waals surface area contributed by atoms with Crippen molar-refractivity contribution in [2.75, 3.05) is 44.9 Å². The Hall–Kier alpha value is -2.25. The highest BCUT2D eigenvalue weighted by Crippen LogP contribution is 2.26. The molecule has 0 N–H and O–H groups in total. The monoisotopic (exact) mass is 361 g/mol. The van der Waals surface area contributed by atoms with Crippen LogP contribution in [0.2, 0.25) is 0 Å². The second kappa shape index (κ2) is 11.4. The van der Waals surface area contributed by atoms with Gasteiger partial charge in [0.2, 0.25) is 0 Å². The minimum absolute atomic E-state index is 0.340. The molecule has 26 heavy (non-hydrogen) atoms. The minimum atomic E-state index is 0.340. The van der Waals surface area contributed by atoms with Gasteiger partial charge < -0.3 is 19.1 Å². The Kier molecular flexibility index (Phi) is 8.78. The average Bonchev–Trinajstić information content (AvgIpc) is 2.69. The van der Waals surface area contributed by atoms with E-state index in [9.17, 15) is 4.79 Å². The minimum Gasteiger partial charge on any atom is -0.468 e. The van der Waals surface area contributed by atoms with Crippen molar-refractivity contribution in [3.63, 3.8) is 0 Å². The third kappa shape index (κ3) is 5.93. The molecule has 1 aliphatic rings. The zero-order valence-electron chi connectivity index (χ0n) is 15.5. The van der Waals surface area contributed by atoms with Crippen LogP contribution in [0.1, 0.15) is 19.8 Å². The van der Waals surface area contributed by atoms with Crippen LogP contribution in [0.5, 0.6) is 0 Å². The van der Waals surface area contributed by atoms with Crippen LogP contribution in [-0.2, 0) is 19.0 Å². The van der Waals surface area contributed by atoms with E-state index in [0.717, 1.165) is 42.5 Å². The molecule has 1 aliphatic heterocycles. The average molecular weight is 361 g/mol. The Morgan fingerprint density at radius 1 is 1.27 bits per heavy atom. The number of ether oxygens (including phenoxy) is 3. The first-order chi connectivity index (χ1) is 12.8. The number of carbonyl (C=O) groups excluding carboxylic acids is 1. The third-order valence-electron chi connectivity index (χ3n) is 4.15. The van der Waals surface area contributed by atoms with Crippen LogP contribution in [-0.4, -0.2) is 62.6 Å². The molecule has 1 saturated heterocycles. The van der Waals surface area contributed by atoms with Gasteiger partial charge in [0.05, 0.1) is 43.3 Å². The number of piperidine rings is 1. The Morgan fingerprint density at radius 2 is 2.08 bits per heavy atom. The van der Waals surface area contributed by atoms with Gasteiger partial charge in [-0.15, -0.1) is 0 Å². The number of hydrogen-bond donors (Lipinski definition) is 0. The first-order valence-electron chi connectivity index (χ1n) is 8.89. The van der Waals surface area contributed by atoms with Crippen LogP contribution >= 0.6 is 0 Å². The normalized spacial score (nSPS) is 14.6. The zero-order valence-corrected chi connectivity index (χ0v) is 15.5. The summed E-state index contributed by atoms with van der Waals surface area (Å²) in [7, 11) is 1.70. The van der Waals surface area contributed by atoms with E-state index in [1.54, 1.807) is 14.0 Å². The third-order valence-corrected chi connectivity index (χ3v) is 4.15. The molecule has 7 nitrogen and oxygen atoms in total. The van der Waals surface area contributed by atoms with Crippen molar-refractivity contribution < 1.29 is 19.0 Å². The van der Waals surface area contributed by atoms with Gasteiger partial charge >= 0.3 is 0 Å². The Bertz CT molecular complexity index is 655. The topological polar surface area (TPSA) is 73.8 Å². The lowest BCUT2D eigenvalue weighted by Gasteiger charge is -2.33. The van der Waals surface area contributed by atoms with Crippen molar-refractivity contribution in [2.24, 2.45) is 0 Å². The largest absolute Gasteiger partial charge is 0.468 e. The quantitative estimate of drug-likeness (QED) is 0.554. The Labute approximate surface area is 154 Å². The number of pyridine rings is 2. The predicted octanol–water partition coefficient (Wildman–Crippen LogP) is 2.44. The predicted molar refractivity (Wildman–Crippen MR) is 100 cm³/mol. The van der Waals surface area contributed by atoms with Crippen molar-refractivity contribution in [1.82, 2.24) is 9.97 Å². The number of rotatable bonds is 7. The molecule has 3 rings (SSSR count). The molecule has 0 aromatic carbocycles. The van der Waals surface area contributed by atoms with E-state index in [-0.39, 0.29) is 0 Å². The van der Waals surface area contributed by atoms with Crippen LogP contribution in [0.15, 0.2) is 30.7 Å². The summed E-state index contributed by atoms with van der Waals surface area (Å²) in [6, 6.07) is 4.00. The van der Waals surface area contributed by atoms with E-state index in [0.29, 0.717) is 32.4 Å². The van der Waals surface area contributed by atoms with E-state index in [1.807, 2.05) is 24.7 Å².